The Morgan fingerprint density at radius 2 is 1.71 bits per heavy atom. The van der Waals surface area contributed by atoms with Crippen molar-refractivity contribution in [3.63, 3.8) is 0 Å². The van der Waals surface area contributed by atoms with E-state index in [1.54, 1.807) is 36.4 Å². The number of anilines is 1. The molecule has 0 saturated heterocycles. The first-order chi connectivity index (χ1) is 9.90. The molecule has 0 radical (unpaired) electrons. The highest BCUT2D eigenvalue weighted by Crippen LogP contribution is 2.33. The maximum absolute atomic E-state index is 11.8. The van der Waals surface area contributed by atoms with Gasteiger partial charge in [0.1, 0.15) is 6.04 Å². The molecule has 0 aliphatic rings. The van der Waals surface area contributed by atoms with Crippen molar-refractivity contribution in [1.82, 2.24) is 0 Å². The van der Waals surface area contributed by atoms with Crippen molar-refractivity contribution in [1.29, 1.82) is 0 Å². The first kappa shape index (κ1) is 16.4. The first-order valence-corrected chi connectivity index (χ1v) is 7.77. The Morgan fingerprint density at radius 1 is 1.10 bits per heavy atom. The summed E-state index contributed by atoms with van der Waals surface area (Å²) in [5.41, 5.74) is 6.57. The average Bonchev–Trinajstić information content (AvgIpc) is 2.41. The molecule has 0 aliphatic carbocycles. The van der Waals surface area contributed by atoms with Crippen LogP contribution in [0.15, 0.2) is 40.9 Å². The maximum Gasteiger partial charge on any atom is 0.244 e. The molecule has 2 aromatic rings. The van der Waals surface area contributed by atoms with Crippen LogP contribution in [0.3, 0.4) is 0 Å². The number of benzene rings is 2. The van der Waals surface area contributed by atoms with Crippen LogP contribution >= 0.6 is 50.7 Å². The minimum Gasteiger partial charge on any atom is -0.370 e. The molecule has 0 heterocycles. The zero-order valence-corrected chi connectivity index (χ0v) is 14.4. The van der Waals surface area contributed by atoms with Crippen LogP contribution in [0.2, 0.25) is 15.1 Å². The minimum atomic E-state index is -0.848. The van der Waals surface area contributed by atoms with Crippen molar-refractivity contribution in [2.24, 2.45) is 5.73 Å². The molecular weight excluding hydrogens is 398 g/mol. The Hall–Kier alpha value is -0.940. The van der Waals surface area contributed by atoms with Crippen LogP contribution in [0.4, 0.5) is 5.69 Å². The normalized spacial score (nSPS) is 12.0. The second kappa shape index (κ2) is 6.88. The summed E-state index contributed by atoms with van der Waals surface area (Å²) in [6, 6.07) is 9.32. The van der Waals surface area contributed by atoms with Gasteiger partial charge in [0.15, 0.2) is 0 Å². The lowest BCUT2D eigenvalue weighted by Crippen LogP contribution is -2.28. The molecule has 3 N–H and O–H groups in total. The predicted molar refractivity (Wildman–Crippen MR) is 91.2 cm³/mol. The summed E-state index contributed by atoms with van der Waals surface area (Å²) < 4.78 is 0.697. The Morgan fingerprint density at radius 3 is 2.24 bits per heavy atom. The number of primary amides is 1. The third-order valence-corrected chi connectivity index (χ3v) is 4.68. The number of rotatable bonds is 4. The van der Waals surface area contributed by atoms with E-state index in [0.29, 0.717) is 30.8 Å². The fraction of sp³-hybridized carbons (Fsp3) is 0.0714. The second-order valence-electron chi connectivity index (χ2n) is 4.24. The molecule has 110 valence electrons. The standard InChI is InChI=1S/C14H10BrCl3N2O/c15-8-6-7(4-5-9(8)16)20-13(14(19)21)12-10(17)2-1-3-11(12)18/h1-6,13,20H,(H2,19,21). The van der Waals surface area contributed by atoms with Gasteiger partial charge in [-0.05, 0) is 46.3 Å². The number of nitrogens with one attached hydrogen (secondary N) is 1. The predicted octanol–water partition coefficient (Wildman–Crippen LogP) is 5.05. The van der Waals surface area contributed by atoms with Crippen LogP contribution in [0.1, 0.15) is 11.6 Å². The first-order valence-electron chi connectivity index (χ1n) is 5.85. The van der Waals surface area contributed by atoms with Gasteiger partial charge in [0.05, 0.1) is 5.02 Å². The summed E-state index contributed by atoms with van der Waals surface area (Å²) in [7, 11) is 0. The van der Waals surface area contributed by atoms with Crippen molar-refractivity contribution < 1.29 is 4.79 Å². The van der Waals surface area contributed by atoms with Crippen LogP contribution in [0.25, 0.3) is 0 Å². The number of amides is 1. The van der Waals surface area contributed by atoms with Gasteiger partial charge in [-0.2, -0.15) is 0 Å². The van der Waals surface area contributed by atoms with Gasteiger partial charge in [-0.3, -0.25) is 4.79 Å². The van der Waals surface area contributed by atoms with E-state index in [4.69, 9.17) is 40.5 Å². The van der Waals surface area contributed by atoms with E-state index in [1.807, 2.05) is 0 Å². The molecule has 2 rings (SSSR count). The molecule has 7 heteroatoms. The highest BCUT2D eigenvalue weighted by atomic mass is 79.9. The molecule has 3 nitrogen and oxygen atoms in total. The summed E-state index contributed by atoms with van der Waals surface area (Å²) in [6.45, 7) is 0. The Balaban J connectivity index is 2.40. The summed E-state index contributed by atoms with van der Waals surface area (Å²) in [5.74, 6) is -0.587. The SMILES string of the molecule is NC(=O)C(Nc1ccc(Cl)c(Br)c1)c1c(Cl)cccc1Cl. The Labute approximate surface area is 145 Å². The Kier molecular flexibility index (Phi) is 5.38. The highest BCUT2D eigenvalue weighted by Gasteiger charge is 2.23. The van der Waals surface area contributed by atoms with Crippen LogP contribution < -0.4 is 11.1 Å². The molecule has 0 fully saturated rings. The molecule has 2 aromatic carbocycles. The fourth-order valence-corrected chi connectivity index (χ4v) is 2.94. The van der Waals surface area contributed by atoms with Gasteiger partial charge in [-0.15, -0.1) is 0 Å². The summed E-state index contributed by atoms with van der Waals surface area (Å²) in [6.07, 6.45) is 0. The number of carbonyl (C=O) groups excluding carboxylic acids is 1. The minimum absolute atomic E-state index is 0.367. The lowest BCUT2D eigenvalue weighted by atomic mass is 10.1. The van der Waals surface area contributed by atoms with E-state index in [-0.39, 0.29) is 0 Å². The topological polar surface area (TPSA) is 55.1 Å². The van der Waals surface area contributed by atoms with Crippen molar-refractivity contribution in [2.75, 3.05) is 5.32 Å². The maximum atomic E-state index is 11.8. The summed E-state index contributed by atoms with van der Waals surface area (Å²) in [5, 5.41) is 4.31. The van der Waals surface area contributed by atoms with Crippen molar-refractivity contribution in [2.45, 2.75) is 6.04 Å². The third-order valence-electron chi connectivity index (χ3n) is 2.80. The number of hydrogen-bond donors (Lipinski definition) is 2. The molecule has 0 aromatic heterocycles. The van der Waals surface area contributed by atoms with Gasteiger partial charge in [-0.25, -0.2) is 0 Å². The molecule has 1 atom stereocenters. The monoisotopic (exact) mass is 406 g/mol. The number of halogens is 4. The zero-order valence-electron chi connectivity index (χ0n) is 10.5. The number of hydrogen-bond acceptors (Lipinski definition) is 2. The van der Waals surface area contributed by atoms with Gasteiger partial charge < -0.3 is 11.1 Å². The molecule has 0 spiro atoms. The Bertz CT molecular complexity index is 674. The highest BCUT2D eigenvalue weighted by molar-refractivity contribution is 9.10. The van der Waals surface area contributed by atoms with Crippen molar-refractivity contribution in [3.8, 4) is 0 Å². The lowest BCUT2D eigenvalue weighted by molar-refractivity contribution is -0.118. The van der Waals surface area contributed by atoms with E-state index in [9.17, 15) is 4.79 Å². The molecular formula is C14H10BrCl3N2O. The summed E-state index contributed by atoms with van der Waals surface area (Å²) in [4.78, 5) is 11.8. The second-order valence-corrected chi connectivity index (χ2v) is 6.32. The third kappa shape index (κ3) is 3.83. The molecule has 0 bridgehead atoms. The van der Waals surface area contributed by atoms with Crippen LogP contribution in [0.5, 0.6) is 0 Å². The fourth-order valence-electron chi connectivity index (χ4n) is 1.82. The van der Waals surface area contributed by atoms with Crippen LogP contribution in [-0.4, -0.2) is 5.91 Å². The van der Waals surface area contributed by atoms with Gasteiger partial charge >= 0.3 is 0 Å². The van der Waals surface area contributed by atoms with Gasteiger partial charge in [-0.1, -0.05) is 40.9 Å². The quantitative estimate of drug-likeness (QED) is 0.744. The van der Waals surface area contributed by atoms with E-state index < -0.39 is 11.9 Å². The van der Waals surface area contributed by atoms with Crippen LogP contribution in [0, 0.1) is 0 Å². The van der Waals surface area contributed by atoms with E-state index in [1.165, 1.54) is 0 Å². The molecule has 1 amide bonds. The molecule has 0 saturated carbocycles. The zero-order chi connectivity index (χ0) is 15.6. The summed E-state index contributed by atoms with van der Waals surface area (Å²) >= 11 is 21.5. The van der Waals surface area contributed by atoms with Crippen LogP contribution in [-0.2, 0) is 4.79 Å². The van der Waals surface area contributed by atoms with Gasteiger partial charge in [0.25, 0.3) is 0 Å². The van der Waals surface area contributed by atoms with E-state index in [2.05, 4.69) is 21.2 Å². The van der Waals surface area contributed by atoms with Crippen molar-refractivity contribution in [3.05, 3.63) is 61.5 Å². The number of carbonyl (C=O) groups is 1. The average molecular weight is 409 g/mol. The number of nitrogens with two attached hydrogens (primary N) is 1. The molecule has 21 heavy (non-hydrogen) atoms. The molecule has 1 unspecified atom stereocenters. The van der Waals surface area contributed by atoms with Crippen molar-refractivity contribution >= 4 is 62.3 Å². The largest absolute Gasteiger partial charge is 0.370 e. The van der Waals surface area contributed by atoms with E-state index in [0.717, 1.165) is 0 Å². The van der Waals surface area contributed by atoms with Gasteiger partial charge in [0.2, 0.25) is 5.91 Å². The molecule has 0 aliphatic heterocycles. The van der Waals surface area contributed by atoms with Gasteiger partial charge in [0, 0.05) is 25.8 Å². The smallest absolute Gasteiger partial charge is 0.244 e. The lowest BCUT2D eigenvalue weighted by Gasteiger charge is -2.20. The van der Waals surface area contributed by atoms with E-state index >= 15 is 0 Å².